The highest BCUT2D eigenvalue weighted by molar-refractivity contribution is 5.92. The number of ether oxygens (including phenoxy) is 2. The third-order valence-corrected chi connectivity index (χ3v) is 3.25. The Kier molecular flexibility index (Phi) is 3.97. The summed E-state index contributed by atoms with van der Waals surface area (Å²) in [6.45, 7) is 1.84. The average Bonchev–Trinajstić information content (AvgIpc) is 2.96. The zero-order valence-electron chi connectivity index (χ0n) is 12.2. The van der Waals surface area contributed by atoms with Gasteiger partial charge in [-0.25, -0.2) is 13.6 Å². The molecule has 0 unspecified atom stereocenters. The van der Waals surface area contributed by atoms with E-state index in [0.29, 0.717) is 10.9 Å². The zero-order valence-corrected chi connectivity index (χ0v) is 12.2. The molecule has 0 saturated heterocycles. The van der Waals surface area contributed by atoms with Crippen LogP contribution in [0.25, 0.3) is 10.9 Å². The first-order chi connectivity index (χ1) is 11.1. The van der Waals surface area contributed by atoms with Crippen molar-refractivity contribution < 1.29 is 23.0 Å². The van der Waals surface area contributed by atoms with E-state index in [9.17, 15) is 13.6 Å². The Balaban J connectivity index is 2.00. The highest BCUT2D eigenvalue weighted by atomic mass is 19.1. The molecule has 1 heterocycles. The maximum atomic E-state index is 14.0. The number of carbonyl (C=O) groups is 1. The number of hydrogen-bond donors (Lipinski definition) is 1. The van der Waals surface area contributed by atoms with Crippen LogP contribution in [0.3, 0.4) is 0 Å². The maximum absolute atomic E-state index is 14.0. The van der Waals surface area contributed by atoms with Gasteiger partial charge >= 0.3 is 5.97 Å². The van der Waals surface area contributed by atoms with Crippen LogP contribution in [0, 0.1) is 11.6 Å². The molecule has 0 amide bonds. The topological polar surface area (TPSA) is 51.3 Å². The molecule has 0 aliphatic rings. The number of nitrogens with one attached hydrogen (secondary N) is 1. The first-order valence-corrected chi connectivity index (χ1v) is 6.99. The first-order valence-electron chi connectivity index (χ1n) is 6.99. The van der Waals surface area contributed by atoms with E-state index in [2.05, 4.69) is 4.98 Å². The van der Waals surface area contributed by atoms with Gasteiger partial charge in [0.25, 0.3) is 0 Å². The van der Waals surface area contributed by atoms with Gasteiger partial charge in [0, 0.05) is 23.7 Å². The van der Waals surface area contributed by atoms with E-state index >= 15 is 0 Å². The van der Waals surface area contributed by atoms with Gasteiger partial charge in [-0.15, -0.1) is 0 Å². The van der Waals surface area contributed by atoms with Crippen LogP contribution >= 0.6 is 0 Å². The van der Waals surface area contributed by atoms with E-state index in [4.69, 9.17) is 9.47 Å². The lowest BCUT2D eigenvalue weighted by Gasteiger charge is -2.11. The predicted octanol–water partition coefficient (Wildman–Crippen LogP) is 4.42. The summed E-state index contributed by atoms with van der Waals surface area (Å²) in [6, 6.07) is 7.91. The number of esters is 1. The predicted molar refractivity (Wildman–Crippen MR) is 80.7 cm³/mol. The van der Waals surface area contributed by atoms with Crippen LogP contribution in [0.2, 0.25) is 0 Å². The van der Waals surface area contributed by atoms with Crippen molar-refractivity contribution in [2.75, 3.05) is 6.61 Å². The van der Waals surface area contributed by atoms with Crippen molar-refractivity contribution in [1.82, 2.24) is 4.98 Å². The fourth-order valence-electron chi connectivity index (χ4n) is 2.24. The van der Waals surface area contributed by atoms with Crippen LogP contribution in [0.1, 0.15) is 17.3 Å². The van der Waals surface area contributed by atoms with Crippen molar-refractivity contribution >= 4 is 16.9 Å². The Morgan fingerprint density at radius 1 is 1.17 bits per heavy atom. The number of carbonyl (C=O) groups excluding carboxylic acids is 1. The first kappa shape index (κ1) is 15.0. The number of aromatic amines is 1. The van der Waals surface area contributed by atoms with E-state index in [1.807, 2.05) is 0 Å². The van der Waals surface area contributed by atoms with Crippen LogP contribution in [-0.4, -0.2) is 17.6 Å². The van der Waals surface area contributed by atoms with Crippen molar-refractivity contribution in [3.63, 3.8) is 0 Å². The minimum Gasteiger partial charge on any atom is -0.462 e. The lowest BCUT2D eigenvalue weighted by Crippen LogP contribution is -2.06. The molecular weight excluding hydrogens is 304 g/mol. The van der Waals surface area contributed by atoms with Gasteiger partial charge in [-0.1, -0.05) is 0 Å². The molecule has 1 N–H and O–H groups in total. The SMILES string of the molecule is CCOC(=O)c1ccc(F)cc1Oc1cc(F)c2[nH]ccc2c1. The maximum Gasteiger partial charge on any atom is 0.341 e. The van der Waals surface area contributed by atoms with E-state index in [1.54, 1.807) is 25.3 Å². The molecule has 2 aromatic carbocycles. The minimum atomic E-state index is -0.634. The number of fused-ring (bicyclic) bond motifs is 1. The van der Waals surface area contributed by atoms with Gasteiger partial charge in [-0.3, -0.25) is 0 Å². The fourth-order valence-corrected chi connectivity index (χ4v) is 2.24. The molecule has 3 aromatic rings. The molecule has 118 valence electrons. The molecule has 0 aliphatic heterocycles. The summed E-state index contributed by atoms with van der Waals surface area (Å²) in [5.41, 5.74) is 0.421. The van der Waals surface area contributed by atoms with Gasteiger partial charge in [0.1, 0.15) is 22.9 Å². The Hall–Kier alpha value is -2.89. The quantitative estimate of drug-likeness (QED) is 0.725. The summed E-state index contributed by atoms with van der Waals surface area (Å²) in [6.07, 6.45) is 1.60. The second-order valence-corrected chi connectivity index (χ2v) is 4.81. The molecule has 0 fully saturated rings. The molecule has 0 aliphatic carbocycles. The number of halogens is 2. The molecule has 0 atom stereocenters. The van der Waals surface area contributed by atoms with Crippen molar-refractivity contribution in [2.45, 2.75) is 6.92 Å². The third-order valence-electron chi connectivity index (χ3n) is 3.25. The molecule has 0 radical (unpaired) electrons. The normalized spacial score (nSPS) is 10.7. The molecule has 4 nitrogen and oxygen atoms in total. The molecule has 0 bridgehead atoms. The van der Waals surface area contributed by atoms with Crippen molar-refractivity contribution in [2.24, 2.45) is 0 Å². The Bertz CT molecular complexity index is 873. The Morgan fingerprint density at radius 2 is 2.00 bits per heavy atom. The van der Waals surface area contributed by atoms with Gasteiger partial charge in [-0.05, 0) is 31.2 Å². The molecular formula is C17H13F2NO3. The van der Waals surface area contributed by atoms with E-state index in [1.165, 1.54) is 12.1 Å². The Labute approximate surface area is 130 Å². The second kappa shape index (κ2) is 6.08. The highest BCUT2D eigenvalue weighted by Crippen LogP contribution is 2.30. The summed E-state index contributed by atoms with van der Waals surface area (Å²) in [4.78, 5) is 14.7. The van der Waals surface area contributed by atoms with Crippen molar-refractivity contribution in [3.05, 3.63) is 59.8 Å². The van der Waals surface area contributed by atoms with E-state index < -0.39 is 17.6 Å². The number of hydrogen-bond acceptors (Lipinski definition) is 3. The van der Waals surface area contributed by atoms with Gasteiger partial charge in [0.2, 0.25) is 0 Å². The number of aromatic nitrogens is 1. The van der Waals surface area contributed by atoms with Crippen LogP contribution < -0.4 is 4.74 Å². The molecule has 23 heavy (non-hydrogen) atoms. The number of rotatable bonds is 4. The standard InChI is InChI=1S/C17H13F2NO3/c1-2-22-17(21)13-4-3-11(18)8-15(13)23-12-7-10-5-6-20-16(10)14(19)9-12/h3-9,20H,2H2,1H3. The van der Waals surface area contributed by atoms with Crippen LogP contribution in [0.5, 0.6) is 11.5 Å². The molecule has 0 spiro atoms. The summed E-state index contributed by atoms with van der Waals surface area (Å²) in [5.74, 6) is -1.58. The number of benzene rings is 2. The van der Waals surface area contributed by atoms with E-state index in [0.717, 1.165) is 12.1 Å². The van der Waals surface area contributed by atoms with Crippen molar-refractivity contribution in [3.8, 4) is 11.5 Å². The van der Waals surface area contributed by atoms with Crippen LogP contribution in [0.15, 0.2) is 42.6 Å². The highest BCUT2D eigenvalue weighted by Gasteiger charge is 2.16. The summed E-state index contributed by atoms with van der Waals surface area (Å²) < 4.78 is 37.9. The molecule has 3 rings (SSSR count). The van der Waals surface area contributed by atoms with Gasteiger partial charge in [-0.2, -0.15) is 0 Å². The lowest BCUT2D eigenvalue weighted by molar-refractivity contribution is 0.0523. The monoisotopic (exact) mass is 317 g/mol. The lowest BCUT2D eigenvalue weighted by atomic mass is 10.2. The zero-order chi connectivity index (χ0) is 16.4. The summed E-state index contributed by atoms with van der Waals surface area (Å²) in [7, 11) is 0. The summed E-state index contributed by atoms with van der Waals surface area (Å²) in [5, 5.41) is 0.606. The third kappa shape index (κ3) is 3.01. The largest absolute Gasteiger partial charge is 0.462 e. The summed E-state index contributed by atoms with van der Waals surface area (Å²) >= 11 is 0. The molecule has 0 saturated carbocycles. The van der Waals surface area contributed by atoms with Gasteiger partial charge in [0.05, 0.1) is 12.1 Å². The van der Waals surface area contributed by atoms with Gasteiger partial charge < -0.3 is 14.5 Å². The second-order valence-electron chi connectivity index (χ2n) is 4.81. The molecule has 1 aromatic heterocycles. The fraction of sp³-hybridized carbons (Fsp3) is 0.118. The van der Waals surface area contributed by atoms with Crippen molar-refractivity contribution in [1.29, 1.82) is 0 Å². The molecule has 6 heteroatoms. The minimum absolute atomic E-state index is 0.0299. The average molecular weight is 317 g/mol. The van der Waals surface area contributed by atoms with Crippen LogP contribution in [0.4, 0.5) is 8.78 Å². The van der Waals surface area contributed by atoms with E-state index in [-0.39, 0.29) is 23.7 Å². The van der Waals surface area contributed by atoms with Crippen LogP contribution in [-0.2, 0) is 4.74 Å². The Morgan fingerprint density at radius 3 is 2.78 bits per heavy atom. The number of H-pyrrole nitrogens is 1. The van der Waals surface area contributed by atoms with Gasteiger partial charge in [0.15, 0.2) is 5.82 Å². The smallest absolute Gasteiger partial charge is 0.341 e.